The Kier molecular flexibility index (Phi) is 6.42. The van der Waals surface area contributed by atoms with Crippen LogP contribution in [0.5, 0.6) is 0 Å². The fourth-order valence-corrected chi connectivity index (χ4v) is 5.19. The van der Waals surface area contributed by atoms with Gasteiger partial charge in [0.15, 0.2) is 0 Å². The van der Waals surface area contributed by atoms with Crippen molar-refractivity contribution < 1.29 is 4.79 Å². The van der Waals surface area contributed by atoms with Gasteiger partial charge in [0.05, 0.1) is 6.20 Å². The predicted octanol–water partition coefficient (Wildman–Crippen LogP) is 3.63. The van der Waals surface area contributed by atoms with Crippen molar-refractivity contribution >= 4 is 22.5 Å². The van der Waals surface area contributed by atoms with Crippen LogP contribution in [0.2, 0.25) is 0 Å². The maximum atomic E-state index is 12.9. The van der Waals surface area contributed by atoms with E-state index in [0.717, 1.165) is 53.5 Å². The summed E-state index contributed by atoms with van der Waals surface area (Å²) in [6.45, 7) is 5.87. The van der Waals surface area contributed by atoms with Gasteiger partial charge in [-0.2, -0.15) is 5.10 Å². The van der Waals surface area contributed by atoms with E-state index >= 15 is 0 Å². The Hall–Kier alpha value is -2.77. The van der Waals surface area contributed by atoms with Crippen molar-refractivity contribution in [1.29, 1.82) is 0 Å². The third-order valence-electron chi connectivity index (χ3n) is 7.34. The number of aromatic nitrogens is 3. The minimum atomic E-state index is 0.0907. The minimum Gasteiger partial charge on any atom is -0.310 e. The van der Waals surface area contributed by atoms with Crippen LogP contribution < -0.4 is 5.32 Å². The maximum absolute atomic E-state index is 12.9. The van der Waals surface area contributed by atoms with Crippen molar-refractivity contribution in [1.82, 2.24) is 24.6 Å². The van der Waals surface area contributed by atoms with Crippen molar-refractivity contribution in [3.8, 4) is 11.1 Å². The molecule has 1 aliphatic heterocycles. The smallest absolute Gasteiger partial charge is 0.228 e. The van der Waals surface area contributed by atoms with E-state index in [4.69, 9.17) is 0 Å². The number of nitrogens with zero attached hydrogens (tertiary/aromatic N) is 5. The lowest BCUT2D eigenvalue weighted by Gasteiger charge is -2.36. The van der Waals surface area contributed by atoms with E-state index in [9.17, 15) is 4.79 Å². The Morgan fingerprint density at radius 2 is 1.76 bits per heavy atom. The first-order chi connectivity index (χ1) is 16.0. The number of nitrogens with one attached hydrogen (secondary N) is 1. The van der Waals surface area contributed by atoms with E-state index in [1.807, 2.05) is 31.7 Å². The highest BCUT2D eigenvalue weighted by Crippen LogP contribution is 2.31. The molecule has 0 atom stereocenters. The number of carbonyl (C=O) groups excluding carboxylic acids is 1. The molecule has 0 unspecified atom stereocenters. The SMILES string of the molecule is CN1CCN(C[C@H]2CC[C@@H](C(=O)Nc3cc4cc(-c5cnn(C)c5)ccc4cn3)CC2)CC1. The van der Waals surface area contributed by atoms with Crippen LogP contribution in [0.4, 0.5) is 5.82 Å². The first-order valence-electron chi connectivity index (χ1n) is 12.1. The monoisotopic (exact) mass is 446 g/mol. The lowest BCUT2D eigenvalue weighted by atomic mass is 9.81. The topological polar surface area (TPSA) is 66.3 Å². The highest BCUT2D eigenvalue weighted by atomic mass is 16.1. The second-order valence-corrected chi connectivity index (χ2v) is 9.84. The number of carbonyl (C=O) groups is 1. The van der Waals surface area contributed by atoms with Gasteiger partial charge in [-0.1, -0.05) is 12.1 Å². The molecule has 2 aliphatic rings. The van der Waals surface area contributed by atoms with Crippen LogP contribution >= 0.6 is 0 Å². The minimum absolute atomic E-state index is 0.0907. The fraction of sp³-hybridized carbons (Fsp3) is 0.500. The van der Waals surface area contributed by atoms with Crippen molar-refractivity contribution in [2.24, 2.45) is 18.9 Å². The summed E-state index contributed by atoms with van der Waals surface area (Å²) < 4.78 is 1.80. The predicted molar refractivity (Wildman–Crippen MR) is 132 cm³/mol. The zero-order chi connectivity index (χ0) is 22.8. The third-order valence-corrected chi connectivity index (χ3v) is 7.34. The van der Waals surface area contributed by atoms with Crippen LogP contribution in [-0.2, 0) is 11.8 Å². The molecule has 0 spiro atoms. The number of anilines is 1. The molecule has 1 aliphatic carbocycles. The molecule has 1 saturated carbocycles. The summed E-state index contributed by atoms with van der Waals surface area (Å²) >= 11 is 0. The number of pyridine rings is 1. The molecule has 3 aromatic rings. The normalized spacial score (nSPS) is 22.5. The first-order valence-corrected chi connectivity index (χ1v) is 12.1. The van der Waals surface area contributed by atoms with E-state index < -0.39 is 0 Å². The molecule has 1 N–H and O–H groups in total. The van der Waals surface area contributed by atoms with E-state index in [-0.39, 0.29) is 11.8 Å². The van der Waals surface area contributed by atoms with Crippen molar-refractivity contribution in [3.63, 3.8) is 0 Å². The van der Waals surface area contributed by atoms with Crippen LogP contribution in [-0.4, -0.2) is 70.2 Å². The van der Waals surface area contributed by atoms with Gasteiger partial charge in [0.1, 0.15) is 5.82 Å². The maximum Gasteiger partial charge on any atom is 0.228 e. The van der Waals surface area contributed by atoms with Crippen molar-refractivity contribution in [2.45, 2.75) is 25.7 Å². The summed E-state index contributed by atoms with van der Waals surface area (Å²) in [6.07, 6.45) is 9.95. The second-order valence-electron chi connectivity index (χ2n) is 9.84. The molecular weight excluding hydrogens is 412 g/mol. The molecule has 3 heterocycles. The number of likely N-dealkylation sites (N-methyl/N-ethyl adjacent to an activating group) is 1. The Bertz CT molecular complexity index is 1110. The highest BCUT2D eigenvalue weighted by molar-refractivity contribution is 5.95. The van der Waals surface area contributed by atoms with E-state index in [0.29, 0.717) is 5.82 Å². The molecule has 5 rings (SSSR count). The zero-order valence-electron chi connectivity index (χ0n) is 19.7. The summed E-state index contributed by atoms with van der Waals surface area (Å²) in [4.78, 5) is 22.4. The van der Waals surface area contributed by atoms with Gasteiger partial charge in [0, 0.05) is 69.0 Å². The van der Waals surface area contributed by atoms with E-state index in [1.54, 1.807) is 4.68 Å². The molecule has 0 bridgehead atoms. The first kappa shape index (κ1) is 22.0. The van der Waals surface area contributed by atoms with E-state index in [2.05, 4.69) is 50.4 Å². The van der Waals surface area contributed by atoms with Crippen LogP contribution in [0.15, 0.2) is 42.9 Å². The molecule has 7 nitrogen and oxygen atoms in total. The van der Waals surface area contributed by atoms with Gasteiger partial charge >= 0.3 is 0 Å². The average molecular weight is 447 g/mol. The summed E-state index contributed by atoms with van der Waals surface area (Å²) in [5.41, 5.74) is 2.19. The van der Waals surface area contributed by atoms with Crippen molar-refractivity contribution in [3.05, 3.63) is 42.9 Å². The van der Waals surface area contributed by atoms with Gasteiger partial charge < -0.3 is 15.1 Å². The lowest BCUT2D eigenvalue weighted by molar-refractivity contribution is -0.121. The standard InChI is InChI=1S/C26H34N6O/c1-30-9-11-32(12-10-30)17-19-3-5-20(6-4-19)26(33)29-25-14-23-13-21(7-8-22(23)15-27-25)24-16-28-31(2)18-24/h7-8,13-16,18-20H,3-6,9-12,17H2,1-2H3,(H,27,29,33)/t19-,20+. The molecule has 0 radical (unpaired) electrons. The Balaban J connectivity index is 1.18. The molecular formula is C26H34N6O. The second kappa shape index (κ2) is 9.61. The number of hydrogen-bond donors (Lipinski definition) is 1. The van der Waals surface area contributed by atoms with Gasteiger partial charge in [-0.3, -0.25) is 9.48 Å². The molecule has 7 heteroatoms. The van der Waals surface area contributed by atoms with Crippen LogP contribution in [0.1, 0.15) is 25.7 Å². The van der Waals surface area contributed by atoms with Crippen molar-refractivity contribution in [2.75, 3.05) is 45.1 Å². The van der Waals surface area contributed by atoms with Gasteiger partial charge in [0.2, 0.25) is 5.91 Å². The Labute approximate surface area is 195 Å². The molecule has 33 heavy (non-hydrogen) atoms. The molecule has 1 aromatic carbocycles. The number of rotatable bonds is 5. The van der Waals surface area contributed by atoms with Crippen LogP contribution in [0, 0.1) is 11.8 Å². The van der Waals surface area contributed by atoms with E-state index in [1.165, 1.54) is 32.7 Å². The number of fused-ring (bicyclic) bond motifs is 1. The average Bonchev–Trinajstić information content (AvgIpc) is 3.27. The van der Waals surface area contributed by atoms with Gasteiger partial charge in [-0.05, 0) is 61.7 Å². The molecule has 1 amide bonds. The van der Waals surface area contributed by atoms with Gasteiger partial charge in [-0.15, -0.1) is 0 Å². The van der Waals surface area contributed by atoms with Crippen LogP contribution in [0.25, 0.3) is 21.9 Å². The Morgan fingerprint density at radius 3 is 2.48 bits per heavy atom. The Morgan fingerprint density at radius 1 is 0.970 bits per heavy atom. The number of aryl methyl sites for hydroxylation is 1. The largest absolute Gasteiger partial charge is 0.310 e. The molecule has 174 valence electrons. The highest BCUT2D eigenvalue weighted by Gasteiger charge is 2.28. The summed E-state index contributed by atoms with van der Waals surface area (Å²) in [5, 5.41) is 9.48. The molecule has 2 aromatic heterocycles. The third kappa shape index (κ3) is 5.25. The zero-order valence-corrected chi connectivity index (χ0v) is 19.7. The lowest BCUT2D eigenvalue weighted by Crippen LogP contribution is -2.46. The number of benzene rings is 1. The molecule has 1 saturated heterocycles. The fourth-order valence-electron chi connectivity index (χ4n) is 5.19. The summed E-state index contributed by atoms with van der Waals surface area (Å²) in [6, 6.07) is 8.26. The van der Waals surface area contributed by atoms with Gasteiger partial charge in [0.25, 0.3) is 0 Å². The number of piperazine rings is 1. The molecule has 2 fully saturated rings. The summed E-state index contributed by atoms with van der Waals surface area (Å²) in [5.74, 6) is 1.56. The number of hydrogen-bond acceptors (Lipinski definition) is 5. The van der Waals surface area contributed by atoms with Gasteiger partial charge in [-0.25, -0.2) is 4.98 Å². The number of amides is 1. The summed E-state index contributed by atoms with van der Waals surface area (Å²) in [7, 11) is 4.12. The van der Waals surface area contributed by atoms with Crippen LogP contribution in [0.3, 0.4) is 0 Å². The quantitative estimate of drug-likeness (QED) is 0.648.